The molecule has 1 N–H and O–H groups in total. The summed E-state index contributed by atoms with van der Waals surface area (Å²) in [6, 6.07) is 13.4. The number of aliphatic imine (C=N–C) groups is 1. The molecule has 0 bridgehead atoms. The van der Waals surface area contributed by atoms with Crippen LogP contribution in [0.4, 0.5) is 0 Å². The largest absolute Gasteiger partial charge is 0.352 e. The van der Waals surface area contributed by atoms with E-state index in [0.29, 0.717) is 18.1 Å². The van der Waals surface area contributed by atoms with E-state index in [-0.39, 0.29) is 12.3 Å². The minimum atomic E-state index is -0.0728. The number of amides is 1. The van der Waals surface area contributed by atoms with Crippen LogP contribution in [0.3, 0.4) is 0 Å². The number of carbonyl (C=O) groups excluding carboxylic acids is 1. The molecule has 0 saturated carbocycles. The summed E-state index contributed by atoms with van der Waals surface area (Å²) in [6.45, 7) is 3.01. The predicted molar refractivity (Wildman–Crippen MR) is 110 cm³/mol. The number of halogens is 1. The van der Waals surface area contributed by atoms with Crippen LogP contribution in [-0.4, -0.2) is 21.6 Å². The Hall–Kier alpha value is -3.05. The van der Waals surface area contributed by atoms with Crippen LogP contribution in [0.5, 0.6) is 0 Å². The lowest BCUT2D eigenvalue weighted by atomic mass is 10.0. The molecule has 1 aliphatic heterocycles. The Balaban J connectivity index is 1.42. The molecule has 1 aliphatic rings. The summed E-state index contributed by atoms with van der Waals surface area (Å²) in [7, 11) is 0. The number of carbonyl (C=O) groups is 1. The maximum atomic E-state index is 12.3. The molecule has 0 saturated heterocycles. The van der Waals surface area contributed by atoms with Gasteiger partial charge in [0.05, 0.1) is 24.4 Å². The zero-order valence-electron chi connectivity index (χ0n) is 15.4. The third-order valence-corrected chi connectivity index (χ3v) is 4.83. The minimum absolute atomic E-state index is 0.0728. The fourth-order valence-electron chi connectivity index (χ4n) is 3.25. The third-order valence-electron chi connectivity index (χ3n) is 4.60. The number of pyridine rings is 2. The molecule has 4 rings (SSSR count). The molecule has 6 heteroatoms. The Morgan fingerprint density at radius 3 is 2.89 bits per heavy atom. The van der Waals surface area contributed by atoms with E-state index in [1.165, 1.54) is 0 Å². The Morgan fingerprint density at radius 2 is 2.07 bits per heavy atom. The molecule has 1 amide bonds. The average molecular weight is 391 g/mol. The van der Waals surface area contributed by atoms with E-state index in [4.69, 9.17) is 11.6 Å². The van der Waals surface area contributed by atoms with Crippen LogP contribution in [0.1, 0.15) is 33.6 Å². The number of aryl methyl sites for hydroxylation is 1. The van der Waals surface area contributed by atoms with Gasteiger partial charge in [-0.2, -0.15) is 0 Å². The van der Waals surface area contributed by atoms with Crippen molar-refractivity contribution in [1.82, 2.24) is 15.3 Å². The van der Waals surface area contributed by atoms with Crippen molar-refractivity contribution in [3.8, 4) is 0 Å². The summed E-state index contributed by atoms with van der Waals surface area (Å²) in [5.41, 5.74) is 6.75. The molecule has 0 radical (unpaired) electrons. The average Bonchev–Trinajstić information content (AvgIpc) is 3.10. The van der Waals surface area contributed by atoms with Crippen LogP contribution in [0.2, 0.25) is 5.02 Å². The molecule has 3 aromatic rings. The van der Waals surface area contributed by atoms with Gasteiger partial charge in [-0.15, -0.1) is 0 Å². The predicted octanol–water partition coefficient (Wildman–Crippen LogP) is 3.65. The number of hydrogen-bond donors (Lipinski definition) is 1. The van der Waals surface area contributed by atoms with Gasteiger partial charge in [0.15, 0.2) is 0 Å². The summed E-state index contributed by atoms with van der Waals surface area (Å²) in [5.74, 6) is -0.0728. The third kappa shape index (κ3) is 4.10. The maximum Gasteiger partial charge on any atom is 0.226 e. The maximum absolute atomic E-state index is 12.3. The lowest BCUT2D eigenvalue weighted by molar-refractivity contribution is -0.120. The Bertz CT molecular complexity index is 1080. The molecule has 28 heavy (non-hydrogen) atoms. The molecule has 0 spiro atoms. The first-order chi connectivity index (χ1) is 13.6. The number of nitrogens with one attached hydrogen (secondary N) is 1. The van der Waals surface area contributed by atoms with E-state index >= 15 is 0 Å². The van der Waals surface area contributed by atoms with Crippen LogP contribution >= 0.6 is 11.6 Å². The molecule has 1 aromatic carbocycles. The number of rotatable bonds is 5. The topological polar surface area (TPSA) is 67.2 Å². The summed E-state index contributed by atoms with van der Waals surface area (Å²) >= 11 is 5.97. The SMILES string of the molecule is Cc1cc(C2=NCc3cc(CC(=O)NCc4cccc(Cl)c4)ncc32)ccn1. The number of fused-ring (bicyclic) bond motifs is 1. The fraction of sp³-hybridized carbons (Fsp3) is 0.182. The Kier molecular flexibility index (Phi) is 5.17. The molecule has 5 nitrogen and oxygen atoms in total. The molecule has 0 unspecified atom stereocenters. The van der Waals surface area contributed by atoms with Crippen molar-refractivity contribution in [3.63, 3.8) is 0 Å². The van der Waals surface area contributed by atoms with Crippen molar-refractivity contribution in [3.05, 3.63) is 93.5 Å². The van der Waals surface area contributed by atoms with Gasteiger partial charge in [-0.3, -0.25) is 19.8 Å². The molecular weight excluding hydrogens is 372 g/mol. The van der Waals surface area contributed by atoms with Crippen molar-refractivity contribution in [2.75, 3.05) is 0 Å². The number of hydrogen-bond acceptors (Lipinski definition) is 4. The highest BCUT2D eigenvalue weighted by atomic mass is 35.5. The van der Waals surface area contributed by atoms with Gasteiger partial charge in [0, 0.05) is 40.8 Å². The van der Waals surface area contributed by atoms with Gasteiger partial charge < -0.3 is 5.32 Å². The molecule has 3 heterocycles. The van der Waals surface area contributed by atoms with Crippen LogP contribution in [0, 0.1) is 6.92 Å². The lowest BCUT2D eigenvalue weighted by Gasteiger charge is -2.08. The standard InChI is InChI=1S/C22H19ClN4O/c1-14-7-16(5-6-24-14)22-20-13-25-19(9-17(20)12-27-22)10-21(28)26-11-15-3-2-4-18(23)8-15/h2-9,13H,10-12H2,1H3,(H,26,28). The summed E-state index contributed by atoms with van der Waals surface area (Å²) in [4.78, 5) is 25.6. The van der Waals surface area contributed by atoms with E-state index in [1.807, 2.05) is 55.6 Å². The van der Waals surface area contributed by atoms with E-state index in [0.717, 1.165) is 39.4 Å². The quantitative estimate of drug-likeness (QED) is 0.723. The van der Waals surface area contributed by atoms with E-state index < -0.39 is 0 Å². The van der Waals surface area contributed by atoms with E-state index in [2.05, 4.69) is 20.3 Å². The van der Waals surface area contributed by atoms with Crippen LogP contribution < -0.4 is 5.32 Å². The van der Waals surface area contributed by atoms with Crippen LogP contribution in [0.25, 0.3) is 0 Å². The summed E-state index contributed by atoms with van der Waals surface area (Å²) in [5, 5.41) is 3.57. The second kappa shape index (κ2) is 7.90. The monoisotopic (exact) mass is 390 g/mol. The highest BCUT2D eigenvalue weighted by Crippen LogP contribution is 2.23. The molecule has 140 valence electrons. The molecule has 0 aliphatic carbocycles. The van der Waals surface area contributed by atoms with Crippen molar-refractivity contribution in [2.45, 2.75) is 26.4 Å². The Morgan fingerprint density at radius 1 is 1.18 bits per heavy atom. The van der Waals surface area contributed by atoms with Gasteiger partial charge in [-0.25, -0.2) is 0 Å². The van der Waals surface area contributed by atoms with Crippen molar-refractivity contribution in [2.24, 2.45) is 4.99 Å². The minimum Gasteiger partial charge on any atom is -0.352 e. The van der Waals surface area contributed by atoms with Crippen molar-refractivity contribution >= 4 is 23.2 Å². The van der Waals surface area contributed by atoms with Crippen LogP contribution in [0.15, 0.2) is 59.9 Å². The van der Waals surface area contributed by atoms with E-state index in [1.54, 1.807) is 6.20 Å². The van der Waals surface area contributed by atoms with Gasteiger partial charge in [0.2, 0.25) is 5.91 Å². The van der Waals surface area contributed by atoms with Crippen molar-refractivity contribution in [1.29, 1.82) is 0 Å². The van der Waals surface area contributed by atoms with Crippen molar-refractivity contribution < 1.29 is 4.79 Å². The number of aromatic nitrogens is 2. The van der Waals surface area contributed by atoms with Gasteiger partial charge >= 0.3 is 0 Å². The highest BCUT2D eigenvalue weighted by molar-refractivity contribution is 6.30. The second-order valence-corrected chi connectivity index (χ2v) is 7.20. The lowest BCUT2D eigenvalue weighted by Crippen LogP contribution is -2.25. The van der Waals surface area contributed by atoms with Gasteiger partial charge in [0.1, 0.15) is 0 Å². The first-order valence-electron chi connectivity index (χ1n) is 9.05. The molecule has 0 atom stereocenters. The summed E-state index contributed by atoms with van der Waals surface area (Å²) < 4.78 is 0. The smallest absolute Gasteiger partial charge is 0.226 e. The van der Waals surface area contributed by atoms with Gasteiger partial charge in [-0.05, 0) is 48.4 Å². The fourth-order valence-corrected chi connectivity index (χ4v) is 3.46. The normalized spacial score (nSPS) is 12.4. The number of benzene rings is 1. The van der Waals surface area contributed by atoms with Crippen LogP contribution in [-0.2, 0) is 24.3 Å². The zero-order valence-corrected chi connectivity index (χ0v) is 16.2. The Labute approximate surface area is 168 Å². The van der Waals surface area contributed by atoms with Gasteiger partial charge in [0.25, 0.3) is 0 Å². The van der Waals surface area contributed by atoms with E-state index in [9.17, 15) is 4.79 Å². The molecule has 0 fully saturated rings. The first kappa shape index (κ1) is 18.3. The molecule has 2 aromatic heterocycles. The molecular formula is C22H19ClN4O. The van der Waals surface area contributed by atoms with Gasteiger partial charge in [-0.1, -0.05) is 23.7 Å². The second-order valence-electron chi connectivity index (χ2n) is 6.77. The first-order valence-corrected chi connectivity index (χ1v) is 9.43. The zero-order chi connectivity index (χ0) is 19.5. The number of nitrogens with zero attached hydrogens (tertiary/aromatic N) is 3. The highest BCUT2D eigenvalue weighted by Gasteiger charge is 2.19. The summed E-state index contributed by atoms with van der Waals surface area (Å²) in [6.07, 6.45) is 3.84.